The summed E-state index contributed by atoms with van der Waals surface area (Å²) < 4.78 is 6.63. The summed E-state index contributed by atoms with van der Waals surface area (Å²) in [5, 5.41) is 3.70. The van der Waals surface area contributed by atoms with E-state index in [1.807, 2.05) is 18.2 Å². The van der Waals surface area contributed by atoms with Crippen LogP contribution >= 0.6 is 15.9 Å². The third-order valence-electron chi connectivity index (χ3n) is 3.75. The minimum atomic E-state index is 0.260. The molecule has 1 N–H and O–H groups in total. The summed E-state index contributed by atoms with van der Waals surface area (Å²) in [5.41, 5.74) is 2.48. The van der Waals surface area contributed by atoms with Crippen LogP contribution in [-0.2, 0) is 0 Å². The molecule has 0 saturated heterocycles. The van der Waals surface area contributed by atoms with Gasteiger partial charge < -0.3 is 10.1 Å². The molecule has 2 nitrogen and oxygen atoms in total. The van der Waals surface area contributed by atoms with Crippen LogP contribution in [-0.4, -0.2) is 7.11 Å². The fourth-order valence-corrected chi connectivity index (χ4v) is 3.23. The molecule has 2 atom stereocenters. The summed E-state index contributed by atoms with van der Waals surface area (Å²) in [7, 11) is 1.72. The smallest absolute Gasteiger partial charge is 0.123 e. The van der Waals surface area contributed by atoms with Crippen LogP contribution < -0.4 is 10.1 Å². The molecule has 112 valence electrons. The largest absolute Gasteiger partial charge is 0.496 e. The van der Waals surface area contributed by atoms with E-state index in [9.17, 15) is 0 Å². The van der Waals surface area contributed by atoms with Gasteiger partial charge in [-0.3, -0.25) is 0 Å². The maximum atomic E-state index is 5.49. The Bertz CT molecular complexity index is 585. The van der Waals surface area contributed by atoms with E-state index in [1.54, 1.807) is 7.11 Å². The van der Waals surface area contributed by atoms with E-state index in [-0.39, 0.29) is 12.1 Å². The first-order valence-electron chi connectivity index (χ1n) is 7.30. The summed E-state index contributed by atoms with van der Waals surface area (Å²) in [6.07, 6.45) is 1.01. The fraction of sp³-hybridized carbons (Fsp3) is 0.333. The van der Waals surface area contributed by atoms with E-state index < -0.39 is 0 Å². The summed E-state index contributed by atoms with van der Waals surface area (Å²) in [4.78, 5) is 0. The summed E-state index contributed by atoms with van der Waals surface area (Å²) in [6.45, 7) is 4.38. The molecule has 0 amide bonds. The van der Waals surface area contributed by atoms with Crippen LogP contribution in [0.4, 0.5) is 0 Å². The van der Waals surface area contributed by atoms with Crippen molar-refractivity contribution >= 4 is 15.9 Å². The number of nitrogens with one attached hydrogen (secondary N) is 1. The van der Waals surface area contributed by atoms with Gasteiger partial charge in [0.2, 0.25) is 0 Å². The van der Waals surface area contributed by atoms with Gasteiger partial charge in [0.05, 0.1) is 7.11 Å². The number of hydrogen-bond donors (Lipinski definition) is 1. The molecule has 3 heteroatoms. The zero-order valence-electron chi connectivity index (χ0n) is 12.8. The van der Waals surface area contributed by atoms with E-state index in [1.165, 1.54) is 11.1 Å². The molecule has 0 saturated carbocycles. The third kappa shape index (κ3) is 3.86. The van der Waals surface area contributed by atoms with Crippen molar-refractivity contribution in [3.05, 3.63) is 64.1 Å². The lowest BCUT2D eigenvalue weighted by Gasteiger charge is -2.25. The Morgan fingerprint density at radius 1 is 1.05 bits per heavy atom. The van der Waals surface area contributed by atoms with Crippen molar-refractivity contribution in [2.75, 3.05) is 7.11 Å². The minimum Gasteiger partial charge on any atom is -0.496 e. The molecule has 0 bridgehead atoms. The fourth-order valence-electron chi connectivity index (χ4n) is 2.60. The number of para-hydroxylation sites is 1. The molecule has 2 aromatic carbocycles. The molecular formula is C18H22BrNO. The van der Waals surface area contributed by atoms with Crippen molar-refractivity contribution in [1.29, 1.82) is 0 Å². The summed E-state index contributed by atoms with van der Waals surface area (Å²) in [5.74, 6) is 0.941. The van der Waals surface area contributed by atoms with Gasteiger partial charge in [0, 0.05) is 22.1 Å². The topological polar surface area (TPSA) is 21.3 Å². The average Bonchev–Trinajstić information content (AvgIpc) is 2.52. The van der Waals surface area contributed by atoms with Gasteiger partial charge in [0.25, 0.3) is 0 Å². The second-order valence-corrected chi connectivity index (χ2v) is 5.97. The second kappa shape index (κ2) is 7.62. The Morgan fingerprint density at radius 2 is 1.67 bits per heavy atom. The Morgan fingerprint density at radius 3 is 2.29 bits per heavy atom. The zero-order valence-corrected chi connectivity index (χ0v) is 14.4. The van der Waals surface area contributed by atoms with Gasteiger partial charge in [-0.2, -0.15) is 0 Å². The van der Waals surface area contributed by atoms with Crippen molar-refractivity contribution < 1.29 is 4.74 Å². The average molecular weight is 348 g/mol. The summed E-state index contributed by atoms with van der Waals surface area (Å²) >= 11 is 3.63. The highest BCUT2D eigenvalue weighted by atomic mass is 79.9. The maximum absolute atomic E-state index is 5.49. The van der Waals surface area contributed by atoms with Gasteiger partial charge in [-0.05, 0) is 31.0 Å². The molecule has 2 rings (SSSR count). The lowest BCUT2D eigenvalue weighted by molar-refractivity contribution is 0.388. The van der Waals surface area contributed by atoms with Crippen molar-refractivity contribution in [2.24, 2.45) is 0 Å². The monoisotopic (exact) mass is 347 g/mol. The molecule has 0 aliphatic rings. The van der Waals surface area contributed by atoms with E-state index in [4.69, 9.17) is 4.74 Å². The Kier molecular flexibility index (Phi) is 5.83. The number of hydrogen-bond acceptors (Lipinski definition) is 2. The normalized spacial score (nSPS) is 13.7. The van der Waals surface area contributed by atoms with Crippen LogP contribution in [0.25, 0.3) is 0 Å². The van der Waals surface area contributed by atoms with Crippen molar-refractivity contribution in [1.82, 2.24) is 5.32 Å². The van der Waals surface area contributed by atoms with Crippen LogP contribution in [0.2, 0.25) is 0 Å². The van der Waals surface area contributed by atoms with Crippen molar-refractivity contribution in [2.45, 2.75) is 32.4 Å². The molecular weight excluding hydrogens is 326 g/mol. The van der Waals surface area contributed by atoms with Gasteiger partial charge in [0.1, 0.15) is 5.75 Å². The minimum absolute atomic E-state index is 0.260. The van der Waals surface area contributed by atoms with Crippen molar-refractivity contribution in [3.63, 3.8) is 0 Å². The van der Waals surface area contributed by atoms with Gasteiger partial charge >= 0.3 is 0 Å². The van der Waals surface area contributed by atoms with E-state index in [2.05, 4.69) is 65.4 Å². The van der Waals surface area contributed by atoms with E-state index >= 15 is 0 Å². The molecule has 0 aliphatic carbocycles. The Labute approximate surface area is 135 Å². The van der Waals surface area contributed by atoms with Crippen molar-refractivity contribution in [3.8, 4) is 5.75 Å². The predicted molar refractivity (Wildman–Crippen MR) is 91.7 cm³/mol. The van der Waals surface area contributed by atoms with Gasteiger partial charge in [-0.15, -0.1) is 0 Å². The lowest BCUT2D eigenvalue weighted by atomic mass is 10.0. The number of halogens is 1. The highest BCUT2D eigenvalue weighted by Crippen LogP contribution is 2.30. The number of ether oxygens (including phenoxy) is 1. The highest BCUT2D eigenvalue weighted by Gasteiger charge is 2.18. The molecule has 21 heavy (non-hydrogen) atoms. The molecule has 0 fully saturated rings. The Hall–Kier alpha value is -1.32. The van der Waals surface area contributed by atoms with Gasteiger partial charge in [-0.25, -0.2) is 0 Å². The molecule has 0 heterocycles. The van der Waals surface area contributed by atoms with Crippen LogP contribution in [0.3, 0.4) is 0 Å². The molecule has 2 aromatic rings. The van der Waals surface area contributed by atoms with E-state index in [0.29, 0.717) is 0 Å². The zero-order chi connectivity index (χ0) is 15.2. The van der Waals surface area contributed by atoms with E-state index in [0.717, 1.165) is 16.6 Å². The number of benzene rings is 2. The SMILES string of the molecule is CCC(NC(C)c1ccccc1Br)c1ccccc1OC. The first kappa shape index (κ1) is 16.1. The third-order valence-corrected chi connectivity index (χ3v) is 4.47. The second-order valence-electron chi connectivity index (χ2n) is 5.11. The highest BCUT2D eigenvalue weighted by molar-refractivity contribution is 9.10. The standard InChI is InChI=1S/C18H22BrNO/c1-4-17(15-10-6-8-12-18(15)21-3)20-13(2)14-9-5-7-11-16(14)19/h5-13,17,20H,4H2,1-3H3. The quantitative estimate of drug-likeness (QED) is 0.769. The lowest BCUT2D eigenvalue weighted by Crippen LogP contribution is -2.24. The van der Waals surface area contributed by atoms with Gasteiger partial charge in [-0.1, -0.05) is 59.3 Å². The van der Waals surface area contributed by atoms with Crippen LogP contribution in [0.1, 0.15) is 43.5 Å². The molecule has 0 aliphatic heterocycles. The maximum Gasteiger partial charge on any atom is 0.123 e. The van der Waals surface area contributed by atoms with Crippen LogP contribution in [0.15, 0.2) is 53.0 Å². The molecule has 0 radical (unpaired) electrons. The first-order chi connectivity index (χ1) is 10.2. The number of methoxy groups -OCH3 is 1. The number of rotatable bonds is 6. The molecule has 0 aromatic heterocycles. The first-order valence-corrected chi connectivity index (χ1v) is 8.10. The van der Waals surface area contributed by atoms with Crippen LogP contribution in [0.5, 0.6) is 5.75 Å². The Balaban J connectivity index is 2.21. The van der Waals surface area contributed by atoms with Crippen LogP contribution in [0, 0.1) is 0 Å². The predicted octanol–water partition coefficient (Wildman–Crippen LogP) is 5.26. The van der Waals surface area contributed by atoms with Gasteiger partial charge in [0.15, 0.2) is 0 Å². The molecule has 0 spiro atoms. The summed E-state index contributed by atoms with van der Waals surface area (Å²) in [6, 6.07) is 17.1. The molecule has 2 unspecified atom stereocenters.